The summed E-state index contributed by atoms with van der Waals surface area (Å²) in [4.78, 5) is 0. The van der Waals surface area contributed by atoms with Crippen molar-refractivity contribution in [3.05, 3.63) is 33.3 Å². The van der Waals surface area contributed by atoms with E-state index in [4.69, 9.17) is 33.4 Å². The third-order valence-electron chi connectivity index (χ3n) is 1.63. The number of halogens is 2. The molecule has 0 aromatic heterocycles. The van der Waals surface area contributed by atoms with E-state index in [1.54, 1.807) is 12.1 Å². The predicted octanol–water partition coefficient (Wildman–Crippen LogP) is 1.98. The van der Waals surface area contributed by atoms with Gasteiger partial charge in [0.2, 0.25) is 0 Å². The molecule has 66 valence electrons. The second-order valence-electron chi connectivity index (χ2n) is 2.30. The molecule has 0 fully saturated rings. The fourth-order valence-corrected chi connectivity index (χ4v) is 1.45. The summed E-state index contributed by atoms with van der Waals surface area (Å²) in [5, 5.41) is 18.6. The summed E-state index contributed by atoms with van der Waals surface area (Å²) in [5.74, 6) is 0. The van der Waals surface area contributed by atoms with Crippen molar-refractivity contribution >= 4 is 23.2 Å². The third-order valence-corrected chi connectivity index (χ3v) is 2.34. The first-order chi connectivity index (χ1) is 5.70. The van der Waals surface area contributed by atoms with E-state index in [2.05, 4.69) is 0 Å². The summed E-state index contributed by atoms with van der Waals surface area (Å²) in [7, 11) is 0. The molecule has 0 unspecified atom stereocenters. The van der Waals surface area contributed by atoms with Gasteiger partial charge in [-0.15, -0.1) is 0 Å². The minimum absolute atomic E-state index is 0.213. The fourth-order valence-electron chi connectivity index (χ4n) is 0.978. The summed E-state index contributed by atoms with van der Waals surface area (Å²) >= 11 is 11.5. The van der Waals surface area contributed by atoms with Gasteiger partial charge in [-0.25, -0.2) is 0 Å². The number of hydrogen-bond donors (Lipinski definition) is 2. The van der Waals surface area contributed by atoms with Crippen LogP contribution in [-0.2, 0) is 13.2 Å². The molecular weight excluding hydrogens is 199 g/mol. The monoisotopic (exact) mass is 206 g/mol. The van der Waals surface area contributed by atoms with Gasteiger partial charge in [0.05, 0.1) is 13.2 Å². The van der Waals surface area contributed by atoms with Gasteiger partial charge in [0.25, 0.3) is 0 Å². The van der Waals surface area contributed by atoms with Crippen molar-refractivity contribution in [2.24, 2.45) is 0 Å². The van der Waals surface area contributed by atoms with Crippen LogP contribution in [0.15, 0.2) is 12.1 Å². The van der Waals surface area contributed by atoms with Gasteiger partial charge < -0.3 is 10.2 Å². The van der Waals surface area contributed by atoms with Crippen LogP contribution in [0.3, 0.4) is 0 Å². The number of benzene rings is 1. The third kappa shape index (κ3) is 1.72. The quantitative estimate of drug-likeness (QED) is 0.778. The van der Waals surface area contributed by atoms with Crippen LogP contribution in [-0.4, -0.2) is 10.2 Å². The Morgan fingerprint density at radius 1 is 0.917 bits per heavy atom. The van der Waals surface area contributed by atoms with Crippen LogP contribution < -0.4 is 0 Å². The number of rotatable bonds is 2. The van der Waals surface area contributed by atoms with Crippen molar-refractivity contribution in [3.63, 3.8) is 0 Å². The Morgan fingerprint density at radius 3 is 1.50 bits per heavy atom. The lowest BCUT2D eigenvalue weighted by Gasteiger charge is -2.08. The SMILES string of the molecule is OCc1c(Cl)ccc(Cl)c1CO. The second-order valence-corrected chi connectivity index (χ2v) is 3.12. The second kappa shape index (κ2) is 4.10. The normalized spacial score (nSPS) is 10.3. The van der Waals surface area contributed by atoms with Crippen LogP contribution in [0.1, 0.15) is 11.1 Å². The number of aliphatic hydroxyl groups is 2. The molecule has 0 amide bonds. The minimum Gasteiger partial charge on any atom is -0.392 e. The Balaban J connectivity index is 3.28. The van der Waals surface area contributed by atoms with Gasteiger partial charge in [0, 0.05) is 21.2 Å². The maximum atomic E-state index is 8.90. The molecule has 0 aliphatic rings. The Bertz CT molecular complexity index is 258. The number of aliphatic hydroxyl groups excluding tert-OH is 2. The summed E-state index contributed by atoms with van der Waals surface area (Å²) in [5.41, 5.74) is 0.985. The molecule has 0 bridgehead atoms. The van der Waals surface area contributed by atoms with Crippen molar-refractivity contribution in [1.82, 2.24) is 0 Å². The molecule has 0 aliphatic heterocycles. The van der Waals surface area contributed by atoms with Gasteiger partial charge in [0.1, 0.15) is 0 Å². The Hall–Kier alpha value is -0.280. The Kier molecular flexibility index (Phi) is 3.35. The van der Waals surface area contributed by atoms with Crippen LogP contribution in [0, 0.1) is 0 Å². The molecule has 0 spiro atoms. The molecular formula is C8H8Cl2O2. The van der Waals surface area contributed by atoms with E-state index in [1.807, 2.05) is 0 Å². The van der Waals surface area contributed by atoms with Gasteiger partial charge in [-0.3, -0.25) is 0 Å². The molecule has 0 saturated heterocycles. The highest BCUT2D eigenvalue weighted by molar-refractivity contribution is 6.34. The average Bonchev–Trinajstić information content (AvgIpc) is 2.08. The summed E-state index contributed by atoms with van der Waals surface area (Å²) in [6.45, 7) is -0.426. The zero-order valence-electron chi connectivity index (χ0n) is 6.22. The highest BCUT2D eigenvalue weighted by Gasteiger charge is 2.08. The fraction of sp³-hybridized carbons (Fsp3) is 0.250. The van der Waals surface area contributed by atoms with Gasteiger partial charge in [0.15, 0.2) is 0 Å². The first-order valence-electron chi connectivity index (χ1n) is 3.38. The van der Waals surface area contributed by atoms with Crippen LogP contribution in [0.4, 0.5) is 0 Å². The zero-order valence-corrected chi connectivity index (χ0v) is 7.73. The van der Waals surface area contributed by atoms with Crippen molar-refractivity contribution in [3.8, 4) is 0 Å². The zero-order chi connectivity index (χ0) is 9.14. The molecule has 1 aromatic rings. The Morgan fingerprint density at radius 2 is 1.25 bits per heavy atom. The molecule has 2 N–H and O–H groups in total. The Labute approximate surface area is 80.4 Å². The van der Waals surface area contributed by atoms with Crippen LogP contribution in [0.2, 0.25) is 10.0 Å². The van der Waals surface area contributed by atoms with Crippen molar-refractivity contribution < 1.29 is 10.2 Å². The minimum atomic E-state index is -0.213. The topological polar surface area (TPSA) is 40.5 Å². The highest BCUT2D eigenvalue weighted by atomic mass is 35.5. The molecule has 4 heteroatoms. The van der Waals surface area contributed by atoms with E-state index in [9.17, 15) is 0 Å². The first-order valence-corrected chi connectivity index (χ1v) is 4.13. The molecule has 1 rings (SSSR count). The lowest BCUT2D eigenvalue weighted by Crippen LogP contribution is -1.95. The van der Waals surface area contributed by atoms with Gasteiger partial charge in [-0.1, -0.05) is 23.2 Å². The molecule has 1 aromatic carbocycles. The lowest BCUT2D eigenvalue weighted by atomic mass is 10.1. The largest absolute Gasteiger partial charge is 0.392 e. The summed E-state index contributed by atoms with van der Waals surface area (Å²) in [6, 6.07) is 3.18. The predicted molar refractivity (Wildman–Crippen MR) is 48.3 cm³/mol. The molecule has 12 heavy (non-hydrogen) atoms. The smallest absolute Gasteiger partial charge is 0.0700 e. The van der Waals surface area contributed by atoms with E-state index in [-0.39, 0.29) is 13.2 Å². The molecule has 0 radical (unpaired) electrons. The van der Waals surface area contributed by atoms with Gasteiger partial charge in [-0.2, -0.15) is 0 Å². The van der Waals surface area contributed by atoms with E-state index < -0.39 is 0 Å². The molecule has 0 atom stereocenters. The molecule has 0 aliphatic carbocycles. The average molecular weight is 207 g/mol. The van der Waals surface area contributed by atoms with Crippen molar-refractivity contribution in [2.75, 3.05) is 0 Å². The van der Waals surface area contributed by atoms with Crippen molar-refractivity contribution in [1.29, 1.82) is 0 Å². The van der Waals surface area contributed by atoms with E-state index >= 15 is 0 Å². The standard InChI is InChI=1S/C8H8Cl2O2/c9-7-1-2-8(10)6(4-12)5(7)3-11/h1-2,11-12H,3-4H2. The molecule has 0 heterocycles. The first kappa shape index (κ1) is 9.81. The van der Waals surface area contributed by atoms with Crippen LogP contribution >= 0.6 is 23.2 Å². The molecule has 2 nitrogen and oxygen atoms in total. The summed E-state index contributed by atoms with van der Waals surface area (Å²) in [6.07, 6.45) is 0. The highest BCUT2D eigenvalue weighted by Crippen LogP contribution is 2.26. The lowest BCUT2D eigenvalue weighted by molar-refractivity contribution is 0.260. The van der Waals surface area contributed by atoms with Gasteiger partial charge in [-0.05, 0) is 12.1 Å². The van der Waals surface area contributed by atoms with E-state index in [0.29, 0.717) is 21.2 Å². The van der Waals surface area contributed by atoms with Crippen LogP contribution in [0.25, 0.3) is 0 Å². The van der Waals surface area contributed by atoms with Crippen molar-refractivity contribution in [2.45, 2.75) is 13.2 Å². The van der Waals surface area contributed by atoms with Crippen LogP contribution in [0.5, 0.6) is 0 Å². The van der Waals surface area contributed by atoms with E-state index in [1.165, 1.54) is 0 Å². The number of hydrogen-bond acceptors (Lipinski definition) is 2. The van der Waals surface area contributed by atoms with E-state index in [0.717, 1.165) is 0 Å². The van der Waals surface area contributed by atoms with Gasteiger partial charge >= 0.3 is 0 Å². The maximum absolute atomic E-state index is 8.90. The molecule has 0 saturated carbocycles. The summed E-state index contributed by atoms with van der Waals surface area (Å²) < 4.78 is 0. The maximum Gasteiger partial charge on any atom is 0.0700 e.